The van der Waals surface area contributed by atoms with Crippen LogP contribution in [0, 0.1) is 22.2 Å². The van der Waals surface area contributed by atoms with E-state index >= 15 is 0 Å². The molecule has 8 atom stereocenters. The number of hydrogen-bond acceptors (Lipinski definition) is 22. The zero-order valence-corrected chi connectivity index (χ0v) is 66.2. The molecule has 0 spiro atoms. The predicted molar refractivity (Wildman–Crippen MR) is 415 cm³/mol. The van der Waals surface area contributed by atoms with Gasteiger partial charge in [-0.05, 0) is 137 Å². The summed E-state index contributed by atoms with van der Waals surface area (Å²) in [5.41, 5.74) is 11.4. The van der Waals surface area contributed by atoms with Gasteiger partial charge in [0.15, 0.2) is 11.9 Å². The van der Waals surface area contributed by atoms with Gasteiger partial charge in [0, 0.05) is 66.5 Å². The van der Waals surface area contributed by atoms with Crippen molar-refractivity contribution in [1.29, 1.82) is 10.8 Å². The topological polar surface area (TPSA) is 514 Å². The summed E-state index contributed by atoms with van der Waals surface area (Å²) in [5, 5.41) is 67.7. The van der Waals surface area contributed by atoms with E-state index in [0.717, 1.165) is 16.5 Å². The van der Waals surface area contributed by atoms with Gasteiger partial charge in [-0.1, -0.05) is 89.1 Å². The zero-order valence-electron chi connectivity index (χ0n) is 64.6. The number of carboxylic acid groups (broad SMARTS) is 1. The molecular formula is C75H106N16O18S2. The van der Waals surface area contributed by atoms with Gasteiger partial charge in [0.05, 0.1) is 35.6 Å². The first-order valence-corrected chi connectivity index (χ1v) is 39.5. The molecule has 34 nitrogen and oxygen atoms in total. The lowest BCUT2D eigenvalue weighted by Gasteiger charge is -2.36. The highest BCUT2D eigenvalue weighted by atomic mass is 33.1. The molecule has 7 rings (SSSR count). The summed E-state index contributed by atoms with van der Waals surface area (Å²) >= 11 is 0. The van der Waals surface area contributed by atoms with Crippen molar-refractivity contribution in [3.63, 3.8) is 0 Å². The second-order valence-electron chi connectivity index (χ2n) is 29.7. The highest BCUT2D eigenvalue weighted by Crippen LogP contribution is 2.44. The van der Waals surface area contributed by atoms with Crippen LogP contribution in [0.5, 0.6) is 11.5 Å². The second-order valence-corrected chi connectivity index (χ2v) is 32.8. The maximum absolute atomic E-state index is 14.9. The van der Waals surface area contributed by atoms with Crippen molar-refractivity contribution in [3.05, 3.63) is 86.7 Å². The average molecular weight is 1580 g/mol. The molecule has 3 aliphatic rings. The van der Waals surface area contributed by atoms with Crippen molar-refractivity contribution in [1.82, 2.24) is 61.9 Å². The van der Waals surface area contributed by atoms with E-state index in [1.807, 2.05) is 20.8 Å². The maximum atomic E-state index is 14.9. The molecule has 5 heterocycles. The lowest BCUT2D eigenvalue weighted by molar-refractivity contribution is -0.175. The van der Waals surface area contributed by atoms with Crippen LogP contribution < -0.4 is 59.6 Å². The minimum Gasteiger partial charge on any atom is -0.508 e. The Hall–Kier alpha value is -10.4. The Kier molecular flexibility index (Phi) is 30.9. The number of aryl methyl sites for hydroxylation is 1. The Labute approximate surface area is 651 Å². The van der Waals surface area contributed by atoms with Gasteiger partial charge in [-0.3, -0.25) is 54.0 Å². The van der Waals surface area contributed by atoms with Gasteiger partial charge in [0.2, 0.25) is 52.9 Å². The van der Waals surface area contributed by atoms with Gasteiger partial charge in [0.25, 0.3) is 5.56 Å². The Morgan fingerprint density at radius 2 is 1.42 bits per heavy atom. The highest BCUT2D eigenvalue weighted by molar-refractivity contribution is 8.77. The number of rotatable bonds is 38. The quantitative estimate of drug-likeness (QED) is 0.00884. The number of carbonyl (C=O) groups is 11. The van der Waals surface area contributed by atoms with Crippen LogP contribution in [0.3, 0.4) is 0 Å². The summed E-state index contributed by atoms with van der Waals surface area (Å²) < 4.78 is 17.3. The number of likely N-dealkylation sites (tertiary alicyclic amines) is 1. The van der Waals surface area contributed by atoms with Crippen LogP contribution in [0.15, 0.2) is 53.3 Å². The Balaban J connectivity index is 0.994. The molecular weight excluding hydrogens is 1480 g/mol. The van der Waals surface area contributed by atoms with Crippen molar-refractivity contribution in [2.45, 2.75) is 213 Å². The molecule has 0 bridgehead atoms. The van der Waals surface area contributed by atoms with Crippen molar-refractivity contribution in [2.24, 2.45) is 22.8 Å². The summed E-state index contributed by atoms with van der Waals surface area (Å²) in [5.74, 6) is -8.91. The number of aliphatic carboxylic acids is 1. The third-order valence-corrected chi connectivity index (χ3v) is 22.5. The van der Waals surface area contributed by atoms with E-state index < -0.39 is 136 Å². The minimum atomic E-state index is -2.07. The fourth-order valence-electron chi connectivity index (χ4n) is 13.7. The number of hydrogen-bond donors (Lipinski definition) is 15. The summed E-state index contributed by atoms with van der Waals surface area (Å²) in [7, 11) is 2.37. The number of nitrogens with two attached hydrogens (primary N) is 2. The highest BCUT2D eigenvalue weighted by Gasteiger charge is 2.52. The van der Waals surface area contributed by atoms with Crippen LogP contribution in [0.25, 0.3) is 22.3 Å². The van der Waals surface area contributed by atoms with Crippen molar-refractivity contribution < 1.29 is 82.3 Å². The first kappa shape index (κ1) is 87.8. The molecule has 606 valence electrons. The lowest BCUT2D eigenvalue weighted by Crippen LogP contribution is -2.62. The minimum absolute atomic E-state index is 0.0453. The van der Waals surface area contributed by atoms with Gasteiger partial charge in [-0.25, -0.2) is 19.4 Å². The number of nitrogens with zero attached hydrogens (tertiary/aromatic N) is 4. The van der Waals surface area contributed by atoms with Crippen LogP contribution in [0.2, 0.25) is 0 Å². The molecule has 17 N–H and O–H groups in total. The molecule has 4 aromatic rings. The normalized spacial score (nSPS) is 16.7. The average Bonchev–Trinajstić information content (AvgIpc) is 1.60. The fourth-order valence-corrected chi connectivity index (χ4v) is 16.2. The van der Waals surface area contributed by atoms with Crippen LogP contribution in [-0.2, 0) is 93.8 Å². The smallest absolute Gasteiger partial charge is 0.508 e. The fraction of sp³-hybridized carbons (Fsp3) is 0.560. The first-order valence-electron chi connectivity index (χ1n) is 37.1. The molecule has 0 saturated carbocycles. The summed E-state index contributed by atoms with van der Waals surface area (Å²) in [6.07, 6.45) is 0.123. The van der Waals surface area contributed by atoms with Gasteiger partial charge >= 0.3 is 18.1 Å². The number of aromatic nitrogens is 2. The molecule has 1 fully saturated rings. The van der Waals surface area contributed by atoms with E-state index in [1.165, 1.54) is 68.6 Å². The van der Waals surface area contributed by atoms with Crippen LogP contribution in [0.1, 0.15) is 162 Å². The Bertz CT molecular complexity index is 4210. The molecule has 111 heavy (non-hydrogen) atoms. The van der Waals surface area contributed by atoms with Gasteiger partial charge in [-0.15, -0.1) is 0 Å². The standard InChI is InChI=1S/C75H106N16O18S2/c1-12-29-89(67(102)60(82-41(6)92)74(10,11)111-110-32-31-107-72(106)109-75(14-3)49-36-56-58-47(37-91(56)65(100)48(49)39-108-69(75)105)45(13-2)46-35-44(94)25-26-50(46)84-58)38-57(95)83-53(33-40(4)5)66(101)90-30-17-20-55(90)63(98)85-52(19-16-28-81-71(78)79)62(97)88-59(73(7,8)9)64(99)86-51(18-15-27-80-70(76)77)61(96)87-54(68(103)104)34-42-21-23-43(93)24-22-42/h21-26,35-36,40,51-55,59-60,93-94H,12-20,27-34,37-39H2,1-11H3,(H,82,92)(H,83,95)(H,85,98)(H,86,99)(H,87,96)(H,88,97)(H,103,104)(H4,76,77,80)(H4,78,79,81)/t51-,52-,53-,54-,55-,59+,60+,75-/m0/s1. The van der Waals surface area contributed by atoms with E-state index in [-0.39, 0.29) is 144 Å². The van der Waals surface area contributed by atoms with Crippen LogP contribution in [-0.4, -0.2) is 204 Å². The molecule has 8 amide bonds. The Morgan fingerprint density at radius 3 is 2.02 bits per heavy atom. The maximum Gasteiger partial charge on any atom is 0.509 e. The predicted octanol–water partition coefficient (Wildman–Crippen LogP) is 3.48. The Morgan fingerprint density at radius 1 is 0.793 bits per heavy atom. The first-order chi connectivity index (χ1) is 52.3. The molecule has 0 aliphatic carbocycles. The number of phenolic OH excluding ortho intramolecular Hbond substituents is 2. The summed E-state index contributed by atoms with van der Waals surface area (Å²) in [6, 6.07) is 2.88. The number of nitrogens with one attached hydrogen (secondary N) is 10. The molecule has 1 saturated heterocycles. The number of ether oxygens (including phenoxy) is 3. The number of pyridine rings is 2. The van der Waals surface area contributed by atoms with E-state index in [1.54, 1.807) is 71.2 Å². The molecule has 2 aromatic heterocycles. The van der Waals surface area contributed by atoms with Crippen LogP contribution >= 0.6 is 21.6 Å². The third kappa shape index (κ3) is 22.9. The number of guanidine groups is 2. The number of aromatic hydroxyl groups is 2. The molecule has 2 aromatic carbocycles. The number of carbonyl (C=O) groups excluding carboxylic acids is 10. The number of fused-ring (bicyclic) bond motifs is 5. The second kappa shape index (κ2) is 39.0. The van der Waals surface area contributed by atoms with Crippen LogP contribution in [0.4, 0.5) is 4.79 Å². The molecule has 0 unspecified atom stereocenters. The summed E-state index contributed by atoms with van der Waals surface area (Å²) in [4.78, 5) is 176. The van der Waals surface area contributed by atoms with Gasteiger partial charge < -0.3 is 97.9 Å². The number of esters is 1. The molecule has 36 heteroatoms. The lowest BCUT2D eigenvalue weighted by atomic mass is 9.85. The monoisotopic (exact) mass is 1580 g/mol. The SMILES string of the molecule is CCCN(CC(=O)N[C@@H](CC(C)C)C(=O)N1CCC[C@H]1C(=O)N[C@@H](CCCNC(=N)N)C(=O)N[C@H](C(=O)N[C@@H](CCCNC(=N)N)C(=O)N[C@@H](Cc1ccc(O)cc1)C(=O)O)C(C)(C)C)C(=O)[C@@H](NC(C)=O)C(C)(C)SSCCOC(=O)O[C@]1(CC)C(=O)OCc2c1cc1n(c2=O)Cc2c-1nc1ccc(O)cc1c2CC. The van der Waals surface area contributed by atoms with Crippen molar-refractivity contribution >= 4 is 110 Å². The van der Waals surface area contributed by atoms with Gasteiger partial charge in [-0.2, -0.15) is 0 Å². The van der Waals surface area contributed by atoms with Gasteiger partial charge in [0.1, 0.15) is 67.0 Å². The molecule has 0 radical (unpaired) electrons. The third-order valence-electron chi connectivity index (χ3n) is 19.3. The zero-order chi connectivity index (χ0) is 82.0. The van der Waals surface area contributed by atoms with E-state index in [2.05, 4.69) is 42.5 Å². The summed E-state index contributed by atoms with van der Waals surface area (Å²) in [6.45, 7) is 17.9. The van der Waals surface area contributed by atoms with E-state index in [9.17, 15) is 72.9 Å². The molecule has 3 aliphatic heterocycles. The number of carboxylic acids is 1. The number of benzene rings is 2. The number of cyclic esters (lactones) is 1. The van der Waals surface area contributed by atoms with E-state index in [0.29, 0.717) is 41.7 Å². The largest absolute Gasteiger partial charge is 0.509 e. The number of phenols is 2. The van der Waals surface area contributed by atoms with Crippen molar-refractivity contribution in [2.75, 3.05) is 45.1 Å². The number of amides is 8. The van der Waals surface area contributed by atoms with E-state index in [4.69, 9.17) is 41.5 Å². The van der Waals surface area contributed by atoms with Crippen molar-refractivity contribution in [3.8, 4) is 22.9 Å².